The van der Waals surface area contributed by atoms with Crippen LogP contribution < -0.4 is 4.74 Å². The van der Waals surface area contributed by atoms with E-state index in [-0.39, 0.29) is 11.7 Å². The molecule has 0 bridgehead atoms. The van der Waals surface area contributed by atoms with Crippen LogP contribution in [-0.4, -0.2) is 46.3 Å². The summed E-state index contributed by atoms with van der Waals surface area (Å²) >= 11 is 0. The standard InChI is InChI=1S/C19H23N3O2/c1-15-3-2-4-16(9-15)12-22-13-19(14-22)10-17(5-8-23-19)24-18-11-20-6-7-21-18/h2-4,6-7,9,11,17H,5,8,10,12-14H2,1H3/t17-/m0/s1. The molecule has 2 aliphatic heterocycles. The first-order chi connectivity index (χ1) is 11.7. The minimum absolute atomic E-state index is 0.0467. The zero-order valence-corrected chi connectivity index (χ0v) is 14.0. The lowest BCUT2D eigenvalue weighted by Gasteiger charge is -2.53. The number of likely N-dealkylation sites (tertiary alicyclic amines) is 1. The van der Waals surface area contributed by atoms with E-state index >= 15 is 0 Å². The van der Waals surface area contributed by atoms with E-state index in [9.17, 15) is 0 Å². The van der Waals surface area contributed by atoms with Crippen molar-refractivity contribution < 1.29 is 9.47 Å². The van der Waals surface area contributed by atoms with Gasteiger partial charge in [-0.2, -0.15) is 0 Å². The van der Waals surface area contributed by atoms with E-state index in [2.05, 4.69) is 46.1 Å². The summed E-state index contributed by atoms with van der Waals surface area (Å²) in [7, 11) is 0. The van der Waals surface area contributed by atoms with Crippen molar-refractivity contribution in [2.24, 2.45) is 0 Å². The quantitative estimate of drug-likeness (QED) is 0.865. The first-order valence-corrected chi connectivity index (χ1v) is 8.55. The fourth-order valence-electron chi connectivity index (χ4n) is 3.77. The molecule has 2 aliphatic rings. The predicted octanol–water partition coefficient (Wildman–Crippen LogP) is 2.60. The van der Waals surface area contributed by atoms with Crippen molar-refractivity contribution in [2.75, 3.05) is 19.7 Å². The van der Waals surface area contributed by atoms with Crippen LogP contribution in [0.25, 0.3) is 0 Å². The third-order valence-corrected chi connectivity index (χ3v) is 4.79. The van der Waals surface area contributed by atoms with Gasteiger partial charge in [-0.3, -0.25) is 9.88 Å². The Hall–Kier alpha value is -1.98. The van der Waals surface area contributed by atoms with Crippen LogP contribution in [0, 0.1) is 6.92 Å². The van der Waals surface area contributed by atoms with Crippen molar-refractivity contribution in [2.45, 2.75) is 38.0 Å². The molecule has 0 amide bonds. The maximum atomic E-state index is 6.10. The number of hydrogen-bond acceptors (Lipinski definition) is 5. The normalized spacial score (nSPS) is 23.0. The second kappa shape index (κ2) is 6.49. The molecule has 1 atom stereocenters. The van der Waals surface area contributed by atoms with E-state index in [0.29, 0.717) is 5.88 Å². The SMILES string of the molecule is Cc1cccc(CN2CC3(C[C@@H](Oc4cnccn4)CCO3)C2)c1. The highest BCUT2D eigenvalue weighted by molar-refractivity contribution is 5.22. The van der Waals surface area contributed by atoms with Crippen molar-refractivity contribution in [3.63, 3.8) is 0 Å². The highest BCUT2D eigenvalue weighted by Gasteiger charge is 2.48. The number of hydrogen-bond donors (Lipinski definition) is 0. The van der Waals surface area contributed by atoms with Crippen LogP contribution in [0.15, 0.2) is 42.9 Å². The van der Waals surface area contributed by atoms with Crippen LogP contribution in [0.3, 0.4) is 0 Å². The molecular weight excluding hydrogens is 302 g/mol. The third-order valence-electron chi connectivity index (χ3n) is 4.79. The van der Waals surface area contributed by atoms with Crippen molar-refractivity contribution in [1.29, 1.82) is 0 Å². The van der Waals surface area contributed by atoms with Gasteiger partial charge >= 0.3 is 0 Å². The van der Waals surface area contributed by atoms with Gasteiger partial charge in [0.15, 0.2) is 0 Å². The monoisotopic (exact) mass is 325 g/mol. The molecule has 2 aromatic rings. The molecule has 0 N–H and O–H groups in total. The van der Waals surface area contributed by atoms with Gasteiger partial charge in [0, 0.05) is 44.9 Å². The molecular formula is C19H23N3O2. The van der Waals surface area contributed by atoms with E-state index in [1.807, 2.05) is 0 Å². The minimum Gasteiger partial charge on any atom is -0.473 e. The van der Waals surface area contributed by atoms with E-state index in [1.54, 1.807) is 18.6 Å². The molecule has 3 heterocycles. The molecule has 4 rings (SSSR count). The average molecular weight is 325 g/mol. The van der Waals surface area contributed by atoms with Gasteiger partial charge in [0.2, 0.25) is 5.88 Å². The molecule has 5 nitrogen and oxygen atoms in total. The maximum Gasteiger partial charge on any atom is 0.232 e. The third kappa shape index (κ3) is 3.42. The van der Waals surface area contributed by atoms with Gasteiger partial charge in [-0.25, -0.2) is 4.98 Å². The molecule has 1 spiro atoms. The van der Waals surface area contributed by atoms with Crippen molar-refractivity contribution >= 4 is 0 Å². The maximum absolute atomic E-state index is 6.10. The highest BCUT2D eigenvalue weighted by Crippen LogP contribution is 2.36. The number of rotatable bonds is 4. The Balaban J connectivity index is 1.32. The summed E-state index contributed by atoms with van der Waals surface area (Å²) in [4.78, 5) is 10.7. The first kappa shape index (κ1) is 15.5. The second-order valence-electron chi connectivity index (χ2n) is 6.94. The Morgan fingerprint density at radius 3 is 3.04 bits per heavy atom. The molecule has 24 heavy (non-hydrogen) atoms. The number of ether oxygens (including phenoxy) is 2. The molecule has 126 valence electrons. The Bertz CT molecular complexity index is 686. The van der Waals surface area contributed by atoms with Gasteiger partial charge in [-0.15, -0.1) is 0 Å². The van der Waals surface area contributed by atoms with E-state index in [0.717, 1.165) is 39.1 Å². The molecule has 1 aromatic carbocycles. The number of aryl methyl sites for hydroxylation is 1. The Morgan fingerprint density at radius 1 is 1.33 bits per heavy atom. The Kier molecular flexibility index (Phi) is 4.21. The van der Waals surface area contributed by atoms with Gasteiger partial charge in [0.25, 0.3) is 0 Å². The Labute approximate surface area is 142 Å². The lowest BCUT2D eigenvalue weighted by Crippen LogP contribution is -2.65. The lowest BCUT2D eigenvalue weighted by molar-refractivity contribution is -0.188. The molecule has 2 saturated heterocycles. The van der Waals surface area contributed by atoms with Crippen LogP contribution >= 0.6 is 0 Å². The van der Waals surface area contributed by atoms with Gasteiger partial charge < -0.3 is 9.47 Å². The van der Waals surface area contributed by atoms with Crippen molar-refractivity contribution in [3.8, 4) is 5.88 Å². The van der Waals surface area contributed by atoms with Crippen molar-refractivity contribution in [1.82, 2.24) is 14.9 Å². The molecule has 0 aliphatic carbocycles. The van der Waals surface area contributed by atoms with E-state index in [4.69, 9.17) is 9.47 Å². The fraction of sp³-hybridized carbons (Fsp3) is 0.474. The topological polar surface area (TPSA) is 47.5 Å². The summed E-state index contributed by atoms with van der Waals surface area (Å²) in [6.07, 6.45) is 7.00. The molecule has 0 saturated carbocycles. The second-order valence-corrected chi connectivity index (χ2v) is 6.94. The number of aromatic nitrogens is 2. The molecule has 2 fully saturated rings. The predicted molar refractivity (Wildman–Crippen MR) is 90.8 cm³/mol. The summed E-state index contributed by atoms with van der Waals surface area (Å²) in [5.74, 6) is 0.607. The van der Waals surface area contributed by atoms with E-state index in [1.165, 1.54) is 11.1 Å². The molecule has 0 radical (unpaired) electrons. The first-order valence-electron chi connectivity index (χ1n) is 8.55. The Morgan fingerprint density at radius 2 is 2.25 bits per heavy atom. The van der Waals surface area contributed by atoms with Crippen LogP contribution in [0.2, 0.25) is 0 Å². The summed E-state index contributed by atoms with van der Waals surface area (Å²) < 4.78 is 12.1. The zero-order chi connectivity index (χ0) is 16.4. The molecule has 5 heteroatoms. The highest BCUT2D eigenvalue weighted by atomic mass is 16.5. The average Bonchev–Trinajstić information content (AvgIpc) is 2.55. The van der Waals surface area contributed by atoms with Gasteiger partial charge in [0.05, 0.1) is 18.4 Å². The number of benzene rings is 1. The van der Waals surface area contributed by atoms with Crippen molar-refractivity contribution in [3.05, 3.63) is 54.0 Å². The molecule has 0 unspecified atom stereocenters. The molecule has 1 aromatic heterocycles. The van der Waals surface area contributed by atoms with Gasteiger partial charge in [0.1, 0.15) is 6.10 Å². The summed E-state index contributed by atoms with van der Waals surface area (Å²) in [6.45, 7) is 5.83. The van der Waals surface area contributed by atoms with Crippen LogP contribution in [0.5, 0.6) is 5.88 Å². The van der Waals surface area contributed by atoms with Gasteiger partial charge in [-0.05, 0) is 12.5 Å². The summed E-state index contributed by atoms with van der Waals surface area (Å²) in [5.41, 5.74) is 2.64. The van der Waals surface area contributed by atoms with Crippen LogP contribution in [0.4, 0.5) is 0 Å². The smallest absolute Gasteiger partial charge is 0.232 e. The summed E-state index contributed by atoms with van der Waals surface area (Å²) in [6, 6.07) is 8.72. The van der Waals surface area contributed by atoms with Crippen LogP contribution in [0.1, 0.15) is 24.0 Å². The van der Waals surface area contributed by atoms with Crippen LogP contribution in [-0.2, 0) is 11.3 Å². The number of nitrogens with zero attached hydrogens (tertiary/aromatic N) is 3. The van der Waals surface area contributed by atoms with Gasteiger partial charge in [-0.1, -0.05) is 29.8 Å². The summed E-state index contributed by atoms with van der Waals surface area (Å²) in [5, 5.41) is 0. The zero-order valence-electron chi connectivity index (χ0n) is 14.0. The van der Waals surface area contributed by atoms with E-state index < -0.39 is 0 Å². The lowest BCUT2D eigenvalue weighted by atomic mass is 9.84. The minimum atomic E-state index is -0.0467. The fourth-order valence-corrected chi connectivity index (χ4v) is 3.77. The largest absolute Gasteiger partial charge is 0.473 e.